The van der Waals surface area contributed by atoms with Crippen LogP contribution in [0, 0.1) is 0 Å². The highest BCUT2D eigenvalue weighted by molar-refractivity contribution is 5.95. The van der Waals surface area contributed by atoms with Crippen LogP contribution in [-0.2, 0) is 0 Å². The summed E-state index contributed by atoms with van der Waals surface area (Å²) in [7, 11) is 3.53. The number of likely N-dealkylation sites (tertiary alicyclic amines) is 1. The van der Waals surface area contributed by atoms with Crippen LogP contribution in [0.3, 0.4) is 0 Å². The molecule has 3 rings (SSSR count). The molecule has 2 unspecified atom stereocenters. The van der Waals surface area contributed by atoms with E-state index in [1.165, 1.54) is 12.8 Å². The number of nitrogens with one attached hydrogen (secondary N) is 1. The molecule has 1 saturated heterocycles. The van der Waals surface area contributed by atoms with Gasteiger partial charge in [0.1, 0.15) is 5.75 Å². The highest BCUT2D eigenvalue weighted by Gasteiger charge is 2.38. The molecular formula is C19H29N3O2. The van der Waals surface area contributed by atoms with Crippen LogP contribution in [0.4, 0.5) is 5.69 Å². The van der Waals surface area contributed by atoms with Crippen LogP contribution >= 0.6 is 0 Å². The molecule has 1 N–H and O–H groups in total. The highest BCUT2D eigenvalue weighted by atomic mass is 16.5. The Bertz CT molecular complexity index is 598. The van der Waals surface area contributed by atoms with Crippen molar-refractivity contribution < 1.29 is 9.53 Å². The Labute approximate surface area is 145 Å². The Kier molecular flexibility index (Phi) is 4.99. The summed E-state index contributed by atoms with van der Waals surface area (Å²) in [5.74, 6) is 0.764. The third-order valence-corrected chi connectivity index (χ3v) is 4.93. The van der Waals surface area contributed by atoms with Crippen molar-refractivity contribution in [2.24, 2.45) is 0 Å². The van der Waals surface area contributed by atoms with Crippen LogP contribution in [0.5, 0.6) is 5.75 Å². The van der Waals surface area contributed by atoms with Crippen molar-refractivity contribution in [3.05, 3.63) is 23.8 Å². The summed E-state index contributed by atoms with van der Waals surface area (Å²) in [6.07, 6.45) is 3.85. The van der Waals surface area contributed by atoms with Crippen molar-refractivity contribution in [2.45, 2.75) is 51.2 Å². The molecule has 1 saturated carbocycles. The standard InChI is InChI=1S/C19H29N3O2/c1-5-24-18-11-14(19(23)21(3)4)6-9-17(18)20-15-10-13(2)22(12-15)16-7-8-16/h6,9,11,13,15-16,20H,5,7-8,10,12H2,1-4H3. The van der Waals surface area contributed by atoms with Gasteiger partial charge in [-0.2, -0.15) is 0 Å². The number of carbonyl (C=O) groups excluding carboxylic acids is 1. The molecule has 1 aliphatic heterocycles. The number of amides is 1. The van der Waals surface area contributed by atoms with Gasteiger partial charge in [0.25, 0.3) is 5.91 Å². The van der Waals surface area contributed by atoms with Gasteiger partial charge >= 0.3 is 0 Å². The van der Waals surface area contributed by atoms with Crippen molar-refractivity contribution in [2.75, 3.05) is 32.6 Å². The lowest BCUT2D eigenvalue weighted by atomic mass is 10.1. The molecule has 5 nitrogen and oxygen atoms in total. The summed E-state index contributed by atoms with van der Waals surface area (Å²) in [5, 5.41) is 3.64. The molecule has 5 heteroatoms. The maximum Gasteiger partial charge on any atom is 0.253 e. The quantitative estimate of drug-likeness (QED) is 0.871. The van der Waals surface area contributed by atoms with Crippen LogP contribution < -0.4 is 10.1 Å². The second-order valence-corrected chi connectivity index (χ2v) is 7.20. The zero-order valence-electron chi connectivity index (χ0n) is 15.2. The minimum absolute atomic E-state index is 0.00287. The first-order valence-corrected chi connectivity index (χ1v) is 9.00. The van der Waals surface area contributed by atoms with Gasteiger partial charge in [0.15, 0.2) is 0 Å². The first-order chi connectivity index (χ1) is 11.5. The Balaban J connectivity index is 1.73. The summed E-state index contributed by atoms with van der Waals surface area (Å²) in [5.41, 5.74) is 1.65. The largest absolute Gasteiger partial charge is 0.492 e. The maximum absolute atomic E-state index is 12.2. The monoisotopic (exact) mass is 331 g/mol. The van der Waals surface area contributed by atoms with Gasteiger partial charge in [-0.05, 0) is 51.3 Å². The van der Waals surface area contributed by atoms with E-state index >= 15 is 0 Å². The number of hydrogen-bond acceptors (Lipinski definition) is 4. The highest BCUT2D eigenvalue weighted by Crippen LogP contribution is 2.35. The van der Waals surface area contributed by atoms with Crippen LogP contribution in [0.1, 0.15) is 43.5 Å². The number of nitrogens with zero attached hydrogens (tertiary/aromatic N) is 2. The Morgan fingerprint density at radius 3 is 2.75 bits per heavy atom. The first-order valence-electron chi connectivity index (χ1n) is 9.00. The third kappa shape index (κ3) is 3.66. The van der Waals surface area contributed by atoms with E-state index in [1.807, 2.05) is 25.1 Å². The molecule has 0 aromatic heterocycles. The van der Waals surface area contributed by atoms with Crippen LogP contribution in [0.15, 0.2) is 18.2 Å². The van der Waals surface area contributed by atoms with Crippen LogP contribution in [0.2, 0.25) is 0 Å². The van der Waals surface area contributed by atoms with Crippen molar-refractivity contribution in [3.63, 3.8) is 0 Å². The Morgan fingerprint density at radius 1 is 1.38 bits per heavy atom. The molecule has 2 aliphatic rings. The molecular weight excluding hydrogens is 302 g/mol. The SMILES string of the molecule is CCOc1cc(C(=O)N(C)C)ccc1NC1CC(C)N(C2CC2)C1. The second-order valence-electron chi connectivity index (χ2n) is 7.20. The third-order valence-electron chi connectivity index (χ3n) is 4.93. The smallest absolute Gasteiger partial charge is 0.253 e. The van der Waals surface area contributed by atoms with Gasteiger partial charge < -0.3 is 15.0 Å². The van der Waals surface area contributed by atoms with Crippen molar-refractivity contribution >= 4 is 11.6 Å². The van der Waals surface area contributed by atoms with Gasteiger partial charge in [-0.25, -0.2) is 0 Å². The predicted molar refractivity (Wildman–Crippen MR) is 96.8 cm³/mol. The number of anilines is 1. The average molecular weight is 331 g/mol. The molecule has 132 valence electrons. The number of benzene rings is 1. The molecule has 0 radical (unpaired) electrons. The van der Waals surface area contributed by atoms with Gasteiger partial charge in [0.05, 0.1) is 12.3 Å². The summed E-state index contributed by atoms with van der Waals surface area (Å²) in [6.45, 7) is 5.97. The van der Waals surface area contributed by atoms with Crippen LogP contribution in [0.25, 0.3) is 0 Å². The van der Waals surface area contributed by atoms with Gasteiger partial charge in [0.2, 0.25) is 0 Å². The lowest BCUT2D eigenvalue weighted by molar-refractivity contribution is 0.0827. The maximum atomic E-state index is 12.2. The fraction of sp³-hybridized carbons (Fsp3) is 0.632. The van der Waals surface area contributed by atoms with Crippen molar-refractivity contribution in [1.29, 1.82) is 0 Å². The van der Waals surface area contributed by atoms with Crippen molar-refractivity contribution in [1.82, 2.24) is 9.80 Å². The molecule has 24 heavy (non-hydrogen) atoms. The Hall–Kier alpha value is -1.75. The van der Waals surface area contributed by atoms with E-state index in [9.17, 15) is 4.79 Å². The van der Waals surface area contributed by atoms with E-state index in [0.29, 0.717) is 24.3 Å². The van der Waals surface area contributed by atoms with Gasteiger partial charge in [-0.3, -0.25) is 9.69 Å². The summed E-state index contributed by atoms with van der Waals surface area (Å²) in [6, 6.07) is 7.59. The minimum atomic E-state index is -0.00287. The number of ether oxygens (including phenoxy) is 1. The number of hydrogen-bond donors (Lipinski definition) is 1. The Morgan fingerprint density at radius 2 is 2.12 bits per heavy atom. The number of rotatable bonds is 6. The molecule has 0 spiro atoms. The fourth-order valence-electron chi connectivity index (χ4n) is 3.60. The van der Waals surface area contributed by atoms with Gasteiger partial charge in [-0.15, -0.1) is 0 Å². The minimum Gasteiger partial charge on any atom is -0.492 e. The summed E-state index contributed by atoms with van der Waals surface area (Å²) in [4.78, 5) is 16.4. The van der Waals surface area contributed by atoms with E-state index in [-0.39, 0.29) is 5.91 Å². The summed E-state index contributed by atoms with van der Waals surface area (Å²) < 4.78 is 5.78. The predicted octanol–water partition coefficient (Wildman–Crippen LogP) is 2.82. The van der Waals surface area contributed by atoms with E-state index < -0.39 is 0 Å². The lowest BCUT2D eigenvalue weighted by Gasteiger charge is -2.20. The number of carbonyl (C=O) groups is 1. The second kappa shape index (κ2) is 7.01. The average Bonchev–Trinajstić information content (AvgIpc) is 3.32. The zero-order valence-corrected chi connectivity index (χ0v) is 15.2. The molecule has 1 heterocycles. The molecule has 2 fully saturated rings. The molecule has 1 amide bonds. The van der Waals surface area contributed by atoms with Gasteiger partial charge in [-0.1, -0.05) is 0 Å². The van der Waals surface area contributed by atoms with Crippen molar-refractivity contribution in [3.8, 4) is 5.75 Å². The van der Waals surface area contributed by atoms with Crippen LogP contribution in [-0.4, -0.2) is 61.1 Å². The van der Waals surface area contributed by atoms with E-state index in [4.69, 9.17) is 4.74 Å². The fourth-order valence-corrected chi connectivity index (χ4v) is 3.60. The molecule has 2 atom stereocenters. The van der Waals surface area contributed by atoms with E-state index in [1.54, 1.807) is 19.0 Å². The molecule has 0 bridgehead atoms. The van der Waals surface area contributed by atoms with E-state index in [0.717, 1.165) is 30.4 Å². The van der Waals surface area contributed by atoms with Gasteiger partial charge in [0, 0.05) is 44.3 Å². The molecule has 1 aromatic carbocycles. The molecule has 1 aliphatic carbocycles. The topological polar surface area (TPSA) is 44.8 Å². The lowest BCUT2D eigenvalue weighted by Crippen LogP contribution is -2.31. The van der Waals surface area contributed by atoms with E-state index in [2.05, 4.69) is 17.1 Å². The normalized spacial score (nSPS) is 24.0. The first kappa shape index (κ1) is 17.1. The molecule has 1 aromatic rings. The zero-order chi connectivity index (χ0) is 17.3. The summed E-state index contributed by atoms with van der Waals surface area (Å²) >= 11 is 0.